The van der Waals surface area contributed by atoms with Crippen molar-refractivity contribution in [2.45, 2.75) is 50.9 Å². The zero-order chi connectivity index (χ0) is 20.5. The van der Waals surface area contributed by atoms with Crippen molar-refractivity contribution in [1.29, 1.82) is 0 Å². The monoisotopic (exact) mass is 429 g/mol. The van der Waals surface area contributed by atoms with Crippen LogP contribution in [0.4, 0.5) is 0 Å². The van der Waals surface area contributed by atoms with Gasteiger partial charge in [-0.3, -0.25) is 14.5 Å². The molecule has 2 bridgehead atoms. The summed E-state index contributed by atoms with van der Waals surface area (Å²) in [6.45, 7) is 3.75. The quantitative estimate of drug-likeness (QED) is 0.728. The molecule has 0 radical (unpaired) electrons. The molecule has 160 valence electrons. The molecule has 3 fully saturated rings. The topological polar surface area (TPSA) is 96.2 Å². The van der Waals surface area contributed by atoms with Crippen LogP contribution in [0.3, 0.4) is 0 Å². The Labute approximate surface area is 179 Å². The largest absolute Gasteiger partial charge is 0.353 e. The van der Waals surface area contributed by atoms with Crippen molar-refractivity contribution < 1.29 is 9.59 Å². The molecule has 0 unspecified atom stereocenters. The van der Waals surface area contributed by atoms with Crippen LogP contribution < -0.4 is 5.32 Å². The summed E-state index contributed by atoms with van der Waals surface area (Å²) in [5.41, 5.74) is 0. The number of thiazole rings is 1. The van der Waals surface area contributed by atoms with Gasteiger partial charge in [-0.1, -0.05) is 0 Å². The molecular formula is C20H27N7O2S. The maximum atomic E-state index is 13.3. The molecule has 9 nitrogen and oxygen atoms in total. The summed E-state index contributed by atoms with van der Waals surface area (Å²) in [7, 11) is 0. The Balaban J connectivity index is 1.32. The molecule has 0 saturated carbocycles. The lowest BCUT2D eigenvalue weighted by Gasteiger charge is -2.55. The average Bonchev–Trinajstić information content (AvgIpc) is 3.43. The van der Waals surface area contributed by atoms with Crippen molar-refractivity contribution in [2.75, 3.05) is 19.6 Å². The lowest BCUT2D eigenvalue weighted by molar-refractivity contribution is -0.160. The van der Waals surface area contributed by atoms with Crippen molar-refractivity contribution in [3.63, 3.8) is 0 Å². The number of carbonyl (C=O) groups is 2. The highest BCUT2D eigenvalue weighted by molar-refractivity contribution is 7.09. The standard InChI is InChI=1S/C20H27N7O2S/c28-18-3-1-2-16-14-8-15(10-26(9-14)11-17-21-5-7-30-17)19(27(16)18)20(29)22-4-6-25-12-23-24-13-25/h5,7,12-16,19H,1-4,6,8-11H2,(H,22,29)/t14-,15+,16-,19+/m0/s1. The molecule has 10 heteroatoms. The van der Waals surface area contributed by atoms with Crippen LogP contribution in [0.25, 0.3) is 0 Å². The predicted octanol–water partition coefficient (Wildman–Crippen LogP) is 0.752. The van der Waals surface area contributed by atoms with Gasteiger partial charge in [0.2, 0.25) is 11.8 Å². The van der Waals surface area contributed by atoms with E-state index in [-0.39, 0.29) is 29.8 Å². The lowest BCUT2D eigenvalue weighted by atomic mass is 9.71. The minimum absolute atomic E-state index is 0.0251. The number of fused-ring (bicyclic) bond motifs is 4. The van der Waals surface area contributed by atoms with Crippen LogP contribution in [-0.2, 0) is 22.7 Å². The zero-order valence-corrected chi connectivity index (χ0v) is 17.7. The third-order valence-electron chi connectivity index (χ3n) is 6.66. The number of rotatable bonds is 6. The predicted molar refractivity (Wildman–Crippen MR) is 110 cm³/mol. The van der Waals surface area contributed by atoms with E-state index in [4.69, 9.17) is 0 Å². The van der Waals surface area contributed by atoms with E-state index >= 15 is 0 Å². The van der Waals surface area contributed by atoms with Crippen LogP contribution in [0.2, 0.25) is 0 Å². The molecule has 2 aromatic rings. The third-order valence-corrected chi connectivity index (χ3v) is 7.43. The summed E-state index contributed by atoms with van der Waals surface area (Å²) in [4.78, 5) is 35.0. The normalized spacial score (nSPS) is 28.9. The Morgan fingerprint density at radius 1 is 1.23 bits per heavy atom. The molecule has 5 heterocycles. The summed E-state index contributed by atoms with van der Waals surface area (Å²) in [5.74, 6) is 0.724. The number of aromatic nitrogens is 4. The highest BCUT2D eigenvalue weighted by atomic mass is 32.1. The van der Waals surface area contributed by atoms with Crippen LogP contribution >= 0.6 is 11.3 Å². The fourth-order valence-electron chi connectivity index (χ4n) is 5.49. The molecule has 2 aromatic heterocycles. The van der Waals surface area contributed by atoms with E-state index in [1.54, 1.807) is 24.0 Å². The van der Waals surface area contributed by atoms with Gasteiger partial charge in [0.05, 0.1) is 6.54 Å². The summed E-state index contributed by atoms with van der Waals surface area (Å²) < 4.78 is 1.84. The molecule has 3 aliphatic heterocycles. The first kappa shape index (κ1) is 19.6. The van der Waals surface area contributed by atoms with E-state index in [0.717, 1.165) is 43.9 Å². The van der Waals surface area contributed by atoms with Crippen molar-refractivity contribution >= 4 is 23.2 Å². The van der Waals surface area contributed by atoms with Gasteiger partial charge in [-0.05, 0) is 25.2 Å². The smallest absolute Gasteiger partial charge is 0.243 e. The number of likely N-dealkylation sites (tertiary alicyclic amines) is 1. The van der Waals surface area contributed by atoms with E-state index in [9.17, 15) is 9.59 Å². The minimum atomic E-state index is -0.376. The summed E-state index contributed by atoms with van der Waals surface area (Å²) in [6, 6.07) is -0.200. The second kappa shape index (κ2) is 8.43. The fraction of sp³-hybridized carbons (Fsp3) is 0.650. The summed E-state index contributed by atoms with van der Waals surface area (Å²) >= 11 is 1.68. The molecule has 4 atom stereocenters. The van der Waals surface area contributed by atoms with E-state index in [1.807, 2.05) is 21.0 Å². The van der Waals surface area contributed by atoms with E-state index in [2.05, 4.69) is 25.4 Å². The van der Waals surface area contributed by atoms with Crippen molar-refractivity contribution in [3.8, 4) is 0 Å². The van der Waals surface area contributed by atoms with E-state index < -0.39 is 0 Å². The summed E-state index contributed by atoms with van der Waals surface area (Å²) in [6.07, 6.45) is 8.63. The average molecular weight is 430 g/mol. The van der Waals surface area contributed by atoms with E-state index in [0.29, 0.717) is 25.4 Å². The molecule has 0 aliphatic carbocycles. The van der Waals surface area contributed by atoms with Gasteiger partial charge in [0.1, 0.15) is 23.7 Å². The molecule has 3 saturated heterocycles. The van der Waals surface area contributed by atoms with Gasteiger partial charge in [0.25, 0.3) is 0 Å². The van der Waals surface area contributed by atoms with Crippen LogP contribution in [0.15, 0.2) is 24.2 Å². The number of nitrogens with zero attached hydrogens (tertiary/aromatic N) is 6. The second-order valence-corrected chi connectivity index (χ2v) is 9.55. The molecule has 2 amide bonds. The molecule has 5 rings (SSSR count). The van der Waals surface area contributed by atoms with Gasteiger partial charge < -0.3 is 14.8 Å². The molecule has 0 aromatic carbocycles. The first-order chi connectivity index (χ1) is 14.7. The Morgan fingerprint density at radius 2 is 2.07 bits per heavy atom. The number of hydrogen-bond acceptors (Lipinski definition) is 7. The van der Waals surface area contributed by atoms with Crippen LogP contribution in [0.1, 0.15) is 30.7 Å². The number of nitrogens with one attached hydrogen (secondary N) is 1. The molecule has 1 N–H and O–H groups in total. The second-order valence-electron chi connectivity index (χ2n) is 8.57. The first-order valence-electron chi connectivity index (χ1n) is 10.7. The zero-order valence-electron chi connectivity index (χ0n) is 16.9. The molecule has 3 aliphatic rings. The van der Waals surface area contributed by atoms with Gasteiger partial charge in [0.15, 0.2) is 0 Å². The Hall–Kier alpha value is -2.33. The van der Waals surface area contributed by atoms with Gasteiger partial charge in [-0.15, -0.1) is 21.5 Å². The van der Waals surface area contributed by atoms with Gasteiger partial charge in [-0.25, -0.2) is 4.98 Å². The van der Waals surface area contributed by atoms with Crippen LogP contribution in [0.5, 0.6) is 0 Å². The van der Waals surface area contributed by atoms with Crippen LogP contribution in [-0.4, -0.2) is 73.1 Å². The number of piperidine rings is 3. The molecular weight excluding hydrogens is 402 g/mol. The maximum Gasteiger partial charge on any atom is 0.243 e. The van der Waals surface area contributed by atoms with Crippen molar-refractivity contribution in [2.24, 2.45) is 11.8 Å². The minimum Gasteiger partial charge on any atom is -0.353 e. The summed E-state index contributed by atoms with van der Waals surface area (Å²) in [5, 5.41) is 13.8. The highest BCUT2D eigenvalue weighted by Gasteiger charge is 2.51. The SMILES string of the molecule is O=C(NCCn1cnnc1)[C@H]1[C@@H]2C[C@@H](CN(Cc3nccs3)C2)[C@@H]2CCCC(=O)N21. The molecule has 0 spiro atoms. The molecule has 30 heavy (non-hydrogen) atoms. The number of amides is 2. The van der Waals surface area contributed by atoms with E-state index in [1.165, 1.54) is 0 Å². The lowest BCUT2D eigenvalue weighted by Crippen LogP contribution is -2.68. The Bertz CT molecular complexity index is 872. The Morgan fingerprint density at radius 3 is 2.87 bits per heavy atom. The fourth-order valence-corrected chi connectivity index (χ4v) is 6.15. The van der Waals surface area contributed by atoms with Crippen LogP contribution in [0, 0.1) is 11.8 Å². The van der Waals surface area contributed by atoms with Crippen molar-refractivity contribution in [1.82, 2.24) is 34.9 Å². The first-order valence-corrected chi connectivity index (χ1v) is 11.6. The number of hydrogen-bond donors (Lipinski definition) is 1. The Kier molecular flexibility index (Phi) is 5.51. The third kappa shape index (κ3) is 3.85. The number of carbonyl (C=O) groups excluding carboxylic acids is 2. The van der Waals surface area contributed by atoms with Crippen molar-refractivity contribution in [3.05, 3.63) is 29.2 Å². The highest BCUT2D eigenvalue weighted by Crippen LogP contribution is 2.42. The van der Waals surface area contributed by atoms with Gasteiger partial charge >= 0.3 is 0 Å². The van der Waals surface area contributed by atoms with Gasteiger partial charge in [-0.2, -0.15) is 0 Å². The maximum absolute atomic E-state index is 13.3. The van der Waals surface area contributed by atoms with Gasteiger partial charge in [0, 0.05) is 56.1 Å².